The number of nitrogens with two attached hydrogens (primary N) is 1. The van der Waals surface area contributed by atoms with Crippen molar-refractivity contribution in [1.82, 2.24) is 5.32 Å². The number of amides is 1. The van der Waals surface area contributed by atoms with Crippen molar-refractivity contribution in [3.05, 3.63) is 35.9 Å². The Balaban J connectivity index is 1.77. The molecule has 0 bridgehead atoms. The molecule has 1 aliphatic rings. The minimum atomic E-state index is -0.0645. The monoisotopic (exact) mass is 302 g/mol. The molecule has 1 atom stereocenters. The van der Waals surface area contributed by atoms with E-state index >= 15 is 0 Å². The molecular weight excluding hydrogens is 276 g/mol. The van der Waals surface area contributed by atoms with Crippen molar-refractivity contribution < 1.29 is 9.59 Å². The first kappa shape index (κ1) is 16.7. The fourth-order valence-electron chi connectivity index (χ4n) is 3.18. The molecule has 0 radical (unpaired) electrons. The maximum Gasteiger partial charge on any atom is 0.220 e. The van der Waals surface area contributed by atoms with Crippen LogP contribution in [0.1, 0.15) is 55.3 Å². The molecule has 3 N–H and O–H groups in total. The molecule has 1 aliphatic carbocycles. The molecule has 120 valence electrons. The van der Waals surface area contributed by atoms with Crippen LogP contribution in [0.15, 0.2) is 30.3 Å². The first-order chi connectivity index (χ1) is 10.7. The quantitative estimate of drug-likeness (QED) is 0.761. The third kappa shape index (κ3) is 4.95. The van der Waals surface area contributed by atoms with Gasteiger partial charge in [-0.15, -0.1) is 0 Å². The van der Waals surface area contributed by atoms with Gasteiger partial charge in [0.25, 0.3) is 0 Å². The second-order valence-electron chi connectivity index (χ2n) is 6.10. The lowest BCUT2D eigenvalue weighted by Crippen LogP contribution is -2.45. The number of Topliss-reactive ketones (excluding diaryl/α,β-unsaturated/α-hetero) is 1. The Kier molecular flexibility index (Phi) is 6.59. The van der Waals surface area contributed by atoms with Crippen LogP contribution < -0.4 is 11.1 Å². The summed E-state index contributed by atoms with van der Waals surface area (Å²) in [7, 11) is 0. The molecule has 1 aromatic carbocycles. The summed E-state index contributed by atoms with van der Waals surface area (Å²) in [6.07, 6.45) is 6.51. The van der Waals surface area contributed by atoms with E-state index in [1.165, 1.54) is 19.3 Å². The minimum absolute atomic E-state index is 0.0118. The zero-order valence-electron chi connectivity index (χ0n) is 13.1. The molecule has 1 unspecified atom stereocenters. The normalized spacial score (nSPS) is 17.0. The Labute approximate surface area is 132 Å². The van der Waals surface area contributed by atoms with Crippen molar-refractivity contribution in [1.29, 1.82) is 0 Å². The molecule has 1 fully saturated rings. The third-order valence-electron chi connectivity index (χ3n) is 4.49. The smallest absolute Gasteiger partial charge is 0.220 e. The van der Waals surface area contributed by atoms with Gasteiger partial charge in [0.05, 0.1) is 0 Å². The summed E-state index contributed by atoms with van der Waals surface area (Å²) in [6.45, 7) is 0.475. The lowest BCUT2D eigenvalue weighted by Gasteiger charge is -2.30. The molecule has 22 heavy (non-hydrogen) atoms. The van der Waals surface area contributed by atoms with Crippen molar-refractivity contribution in [2.45, 2.75) is 51.0 Å². The molecule has 1 amide bonds. The Morgan fingerprint density at radius 2 is 1.77 bits per heavy atom. The summed E-state index contributed by atoms with van der Waals surface area (Å²) in [5.74, 6) is 0.440. The average molecular weight is 302 g/mol. The van der Waals surface area contributed by atoms with Gasteiger partial charge in [-0.25, -0.2) is 0 Å². The Hall–Kier alpha value is -1.68. The molecule has 0 spiro atoms. The molecule has 0 heterocycles. The number of carbonyl (C=O) groups is 2. The minimum Gasteiger partial charge on any atom is -0.352 e. The first-order valence-electron chi connectivity index (χ1n) is 8.28. The average Bonchev–Trinajstić information content (AvgIpc) is 2.59. The number of hydrogen-bond donors (Lipinski definition) is 2. The number of hydrogen-bond acceptors (Lipinski definition) is 3. The van der Waals surface area contributed by atoms with Crippen molar-refractivity contribution in [3.63, 3.8) is 0 Å². The molecule has 1 saturated carbocycles. The highest BCUT2D eigenvalue weighted by Crippen LogP contribution is 2.26. The van der Waals surface area contributed by atoms with Crippen molar-refractivity contribution >= 4 is 11.7 Å². The van der Waals surface area contributed by atoms with E-state index in [2.05, 4.69) is 5.32 Å². The standard InChI is InChI=1S/C18H26N2O2/c19-13-16(14-7-3-1-4-8-14)20-18(22)12-11-17(21)15-9-5-2-6-10-15/h2,5-6,9-10,14,16H,1,3-4,7-8,11-13,19H2,(H,20,22). The van der Waals surface area contributed by atoms with Crippen LogP contribution in [-0.2, 0) is 4.79 Å². The van der Waals surface area contributed by atoms with Crippen LogP contribution in [0.4, 0.5) is 0 Å². The van der Waals surface area contributed by atoms with Gasteiger partial charge in [-0.05, 0) is 18.8 Å². The number of ketones is 1. The van der Waals surface area contributed by atoms with E-state index in [0.29, 0.717) is 18.0 Å². The highest BCUT2D eigenvalue weighted by molar-refractivity contribution is 5.97. The van der Waals surface area contributed by atoms with Crippen molar-refractivity contribution in [2.24, 2.45) is 11.7 Å². The third-order valence-corrected chi connectivity index (χ3v) is 4.49. The van der Waals surface area contributed by atoms with E-state index in [1.54, 1.807) is 12.1 Å². The van der Waals surface area contributed by atoms with Crippen molar-refractivity contribution in [3.8, 4) is 0 Å². The highest BCUT2D eigenvalue weighted by atomic mass is 16.2. The SMILES string of the molecule is NCC(NC(=O)CCC(=O)c1ccccc1)C1CCCCC1. The Morgan fingerprint density at radius 3 is 2.41 bits per heavy atom. The van der Waals surface area contributed by atoms with E-state index in [9.17, 15) is 9.59 Å². The number of carbonyl (C=O) groups excluding carboxylic acids is 2. The van der Waals surface area contributed by atoms with Crippen LogP contribution in [0.5, 0.6) is 0 Å². The predicted molar refractivity (Wildman–Crippen MR) is 87.6 cm³/mol. The molecule has 0 aromatic heterocycles. The van der Waals surface area contributed by atoms with Crippen LogP contribution in [0.25, 0.3) is 0 Å². The van der Waals surface area contributed by atoms with Gasteiger partial charge in [-0.3, -0.25) is 9.59 Å². The molecular formula is C18H26N2O2. The van der Waals surface area contributed by atoms with Gasteiger partial charge >= 0.3 is 0 Å². The van der Waals surface area contributed by atoms with E-state index in [1.807, 2.05) is 18.2 Å². The van der Waals surface area contributed by atoms with E-state index in [0.717, 1.165) is 12.8 Å². The largest absolute Gasteiger partial charge is 0.352 e. The fourth-order valence-corrected chi connectivity index (χ4v) is 3.18. The lowest BCUT2D eigenvalue weighted by molar-refractivity contribution is -0.122. The molecule has 4 nitrogen and oxygen atoms in total. The van der Waals surface area contributed by atoms with E-state index in [-0.39, 0.29) is 30.6 Å². The van der Waals surface area contributed by atoms with E-state index < -0.39 is 0 Å². The van der Waals surface area contributed by atoms with Gasteiger partial charge in [0.1, 0.15) is 0 Å². The van der Waals surface area contributed by atoms with Crippen LogP contribution in [0, 0.1) is 5.92 Å². The zero-order chi connectivity index (χ0) is 15.8. The summed E-state index contributed by atoms with van der Waals surface area (Å²) in [4.78, 5) is 24.1. The predicted octanol–water partition coefficient (Wildman–Crippen LogP) is 2.67. The van der Waals surface area contributed by atoms with Crippen molar-refractivity contribution in [2.75, 3.05) is 6.54 Å². The molecule has 0 aliphatic heterocycles. The van der Waals surface area contributed by atoms with Gasteiger partial charge in [-0.1, -0.05) is 49.6 Å². The molecule has 4 heteroatoms. The van der Waals surface area contributed by atoms with E-state index in [4.69, 9.17) is 5.73 Å². The van der Waals surface area contributed by atoms with Crippen LogP contribution in [0.2, 0.25) is 0 Å². The van der Waals surface area contributed by atoms with Crippen LogP contribution in [0.3, 0.4) is 0 Å². The lowest BCUT2D eigenvalue weighted by atomic mass is 9.84. The Bertz CT molecular complexity index is 481. The fraction of sp³-hybridized carbons (Fsp3) is 0.556. The van der Waals surface area contributed by atoms with Gasteiger partial charge in [0.2, 0.25) is 5.91 Å². The maximum atomic E-state index is 12.1. The molecule has 1 aromatic rings. The zero-order valence-corrected chi connectivity index (χ0v) is 13.1. The van der Waals surface area contributed by atoms with Crippen LogP contribution in [-0.4, -0.2) is 24.3 Å². The first-order valence-corrected chi connectivity index (χ1v) is 8.28. The summed E-state index contributed by atoms with van der Waals surface area (Å²) in [5, 5.41) is 3.03. The maximum absolute atomic E-state index is 12.1. The summed E-state index contributed by atoms with van der Waals surface area (Å²) in [6, 6.07) is 9.16. The van der Waals surface area contributed by atoms with Gasteiger partial charge in [-0.2, -0.15) is 0 Å². The van der Waals surface area contributed by atoms with Gasteiger partial charge < -0.3 is 11.1 Å². The molecule has 2 rings (SSSR count). The molecule has 0 saturated heterocycles. The summed E-state index contributed by atoms with van der Waals surface area (Å²) >= 11 is 0. The van der Waals surface area contributed by atoms with Crippen LogP contribution >= 0.6 is 0 Å². The number of nitrogens with one attached hydrogen (secondary N) is 1. The number of rotatable bonds is 7. The summed E-state index contributed by atoms with van der Waals surface area (Å²) < 4.78 is 0. The summed E-state index contributed by atoms with van der Waals surface area (Å²) in [5.41, 5.74) is 6.48. The number of benzene rings is 1. The Morgan fingerprint density at radius 1 is 1.09 bits per heavy atom. The van der Waals surface area contributed by atoms with Gasteiger partial charge in [0, 0.05) is 31.0 Å². The highest BCUT2D eigenvalue weighted by Gasteiger charge is 2.24. The second-order valence-corrected chi connectivity index (χ2v) is 6.10. The topological polar surface area (TPSA) is 72.2 Å². The second kappa shape index (κ2) is 8.69. The van der Waals surface area contributed by atoms with Gasteiger partial charge in [0.15, 0.2) is 5.78 Å².